The topological polar surface area (TPSA) is 21.8 Å². The third-order valence-corrected chi connectivity index (χ3v) is 3.01. The van der Waals surface area contributed by atoms with Crippen molar-refractivity contribution in [3.8, 4) is 5.75 Å². The third-order valence-electron chi connectivity index (χ3n) is 3.01. The van der Waals surface area contributed by atoms with Gasteiger partial charge in [0.1, 0.15) is 11.9 Å². The largest absolute Gasteiger partial charge is 0.493 e. The first-order valence-corrected chi connectivity index (χ1v) is 5.10. The molecule has 0 radical (unpaired) electrons. The summed E-state index contributed by atoms with van der Waals surface area (Å²) in [7, 11) is 0. The molecule has 1 fully saturated rings. The highest BCUT2D eigenvalue weighted by Gasteiger charge is 2.48. The Bertz CT molecular complexity index is 382. The number of epoxide rings is 1. The number of fused-ring (bicyclic) bond motifs is 1. The summed E-state index contributed by atoms with van der Waals surface area (Å²) in [5.74, 6) is 1.05. The molecular formula is C12H14O2. The van der Waals surface area contributed by atoms with Crippen LogP contribution in [0.5, 0.6) is 5.75 Å². The predicted octanol–water partition coefficient (Wildman–Crippen LogP) is 2.47. The van der Waals surface area contributed by atoms with Gasteiger partial charge in [-0.15, -0.1) is 0 Å². The smallest absolute Gasteiger partial charge is 0.122 e. The lowest BCUT2D eigenvalue weighted by Gasteiger charge is -2.02. The van der Waals surface area contributed by atoms with E-state index in [0.717, 1.165) is 18.8 Å². The Morgan fingerprint density at radius 2 is 2.14 bits per heavy atom. The zero-order valence-corrected chi connectivity index (χ0v) is 8.54. The molecule has 1 aromatic carbocycles. The fourth-order valence-electron chi connectivity index (χ4n) is 2.11. The number of benzene rings is 1. The van der Waals surface area contributed by atoms with Crippen LogP contribution < -0.4 is 4.74 Å². The number of hydrogen-bond donors (Lipinski definition) is 0. The van der Waals surface area contributed by atoms with Crippen LogP contribution in [-0.4, -0.2) is 12.2 Å². The first-order chi connectivity index (χ1) is 6.67. The Kier molecular flexibility index (Phi) is 1.49. The van der Waals surface area contributed by atoms with Crippen LogP contribution in [0.15, 0.2) is 18.2 Å². The van der Waals surface area contributed by atoms with Gasteiger partial charge >= 0.3 is 0 Å². The van der Waals surface area contributed by atoms with Crippen LogP contribution in [0.2, 0.25) is 0 Å². The molecule has 14 heavy (non-hydrogen) atoms. The second-order valence-electron chi connectivity index (χ2n) is 4.57. The molecule has 1 aromatic rings. The van der Waals surface area contributed by atoms with Gasteiger partial charge in [0, 0.05) is 6.42 Å². The lowest BCUT2D eigenvalue weighted by molar-refractivity contribution is 0.325. The van der Waals surface area contributed by atoms with E-state index in [1.807, 2.05) is 0 Å². The van der Waals surface area contributed by atoms with E-state index in [1.54, 1.807) is 0 Å². The van der Waals surface area contributed by atoms with Gasteiger partial charge in [0.25, 0.3) is 0 Å². The predicted molar refractivity (Wildman–Crippen MR) is 53.5 cm³/mol. The van der Waals surface area contributed by atoms with Crippen LogP contribution in [0.4, 0.5) is 0 Å². The summed E-state index contributed by atoms with van der Waals surface area (Å²) >= 11 is 0. The van der Waals surface area contributed by atoms with Gasteiger partial charge in [-0.1, -0.05) is 6.07 Å². The maximum absolute atomic E-state index is 5.61. The molecule has 2 aliphatic rings. The van der Waals surface area contributed by atoms with Crippen molar-refractivity contribution in [3.63, 3.8) is 0 Å². The molecule has 0 N–H and O–H groups in total. The van der Waals surface area contributed by atoms with Crippen molar-refractivity contribution in [1.29, 1.82) is 0 Å². The van der Waals surface area contributed by atoms with E-state index in [2.05, 4.69) is 32.0 Å². The molecule has 1 unspecified atom stereocenters. The van der Waals surface area contributed by atoms with E-state index in [4.69, 9.17) is 9.47 Å². The molecule has 0 aliphatic carbocycles. The number of ether oxygens (including phenoxy) is 2. The van der Waals surface area contributed by atoms with E-state index < -0.39 is 0 Å². The van der Waals surface area contributed by atoms with Crippen molar-refractivity contribution < 1.29 is 9.47 Å². The van der Waals surface area contributed by atoms with E-state index >= 15 is 0 Å². The van der Waals surface area contributed by atoms with Crippen molar-refractivity contribution in [2.75, 3.05) is 6.61 Å². The Hall–Kier alpha value is -1.02. The van der Waals surface area contributed by atoms with Crippen molar-refractivity contribution in [2.24, 2.45) is 0 Å². The number of hydrogen-bond acceptors (Lipinski definition) is 2. The average molecular weight is 190 g/mol. The molecule has 0 saturated carbocycles. The minimum absolute atomic E-state index is 0.0354. The van der Waals surface area contributed by atoms with Crippen LogP contribution in [0, 0.1) is 0 Å². The summed E-state index contributed by atoms with van der Waals surface area (Å²) in [6, 6.07) is 6.40. The van der Waals surface area contributed by atoms with E-state index in [-0.39, 0.29) is 11.7 Å². The molecule has 3 rings (SSSR count). The van der Waals surface area contributed by atoms with Crippen LogP contribution in [0.1, 0.15) is 31.1 Å². The van der Waals surface area contributed by atoms with Crippen LogP contribution in [0.25, 0.3) is 0 Å². The molecule has 2 aliphatic heterocycles. The normalized spacial score (nSPS) is 26.9. The molecule has 1 atom stereocenters. The minimum atomic E-state index is 0.0354. The standard InChI is InChI=1S/C12H14O2/c1-12(2)11(14-12)9-3-4-10-8(7-9)5-6-13-10/h3-4,7,11H,5-6H2,1-2H3. The number of rotatable bonds is 1. The zero-order valence-electron chi connectivity index (χ0n) is 8.54. The summed E-state index contributed by atoms with van der Waals surface area (Å²) in [6.45, 7) is 5.08. The Labute approximate surface area is 83.8 Å². The molecular weight excluding hydrogens is 176 g/mol. The van der Waals surface area contributed by atoms with Gasteiger partial charge in [-0.05, 0) is 37.1 Å². The quantitative estimate of drug-likeness (QED) is 0.634. The van der Waals surface area contributed by atoms with Gasteiger partial charge in [-0.3, -0.25) is 0 Å². The molecule has 0 amide bonds. The molecule has 2 nitrogen and oxygen atoms in total. The van der Waals surface area contributed by atoms with Crippen LogP contribution >= 0.6 is 0 Å². The lowest BCUT2D eigenvalue weighted by Crippen LogP contribution is -1.97. The van der Waals surface area contributed by atoms with Gasteiger partial charge in [0.15, 0.2) is 0 Å². The second-order valence-corrected chi connectivity index (χ2v) is 4.57. The van der Waals surface area contributed by atoms with Crippen molar-refractivity contribution in [3.05, 3.63) is 29.3 Å². The summed E-state index contributed by atoms with van der Waals surface area (Å²) in [4.78, 5) is 0. The maximum Gasteiger partial charge on any atom is 0.122 e. The van der Waals surface area contributed by atoms with E-state index in [1.165, 1.54) is 11.1 Å². The molecule has 0 spiro atoms. The van der Waals surface area contributed by atoms with Crippen molar-refractivity contribution in [1.82, 2.24) is 0 Å². The maximum atomic E-state index is 5.61. The summed E-state index contributed by atoms with van der Waals surface area (Å²) in [5.41, 5.74) is 2.65. The third kappa shape index (κ3) is 1.14. The Balaban J connectivity index is 1.94. The SMILES string of the molecule is CC1(C)OC1c1ccc2c(c1)CCO2. The Morgan fingerprint density at radius 3 is 2.86 bits per heavy atom. The fourth-order valence-corrected chi connectivity index (χ4v) is 2.11. The monoisotopic (exact) mass is 190 g/mol. The molecule has 0 aromatic heterocycles. The van der Waals surface area contributed by atoms with Gasteiger partial charge in [0.2, 0.25) is 0 Å². The molecule has 74 valence electrons. The van der Waals surface area contributed by atoms with E-state index in [0.29, 0.717) is 0 Å². The molecule has 2 heteroatoms. The highest BCUT2D eigenvalue weighted by molar-refractivity contribution is 5.42. The summed E-state index contributed by atoms with van der Waals surface area (Å²) < 4.78 is 11.1. The molecule has 1 saturated heterocycles. The zero-order chi connectivity index (χ0) is 9.76. The summed E-state index contributed by atoms with van der Waals surface area (Å²) in [5, 5.41) is 0. The average Bonchev–Trinajstić information content (AvgIpc) is 2.63. The highest BCUT2D eigenvalue weighted by Crippen LogP contribution is 2.49. The van der Waals surface area contributed by atoms with Gasteiger partial charge in [-0.2, -0.15) is 0 Å². The van der Waals surface area contributed by atoms with Gasteiger partial charge < -0.3 is 9.47 Å². The van der Waals surface area contributed by atoms with E-state index in [9.17, 15) is 0 Å². The van der Waals surface area contributed by atoms with Gasteiger partial charge in [-0.25, -0.2) is 0 Å². The molecule has 2 heterocycles. The van der Waals surface area contributed by atoms with Crippen LogP contribution in [-0.2, 0) is 11.2 Å². The highest BCUT2D eigenvalue weighted by atomic mass is 16.6. The Morgan fingerprint density at radius 1 is 1.36 bits per heavy atom. The van der Waals surface area contributed by atoms with Gasteiger partial charge in [0.05, 0.1) is 12.2 Å². The second kappa shape index (κ2) is 2.51. The minimum Gasteiger partial charge on any atom is -0.493 e. The first kappa shape index (κ1) is 8.30. The first-order valence-electron chi connectivity index (χ1n) is 5.10. The lowest BCUT2D eigenvalue weighted by atomic mass is 10.0. The van der Waals surface area contributed by atoms with Crippen molar-refractivity contribution in [2.45, 2.75) is 32.0 Å². The van der Waals surface area contributed by atoms with Crippen LogP contribution in [0.3, 0.4) is 0 Å². The fraction of sp³-hybridized carbons (Fsp3) is 0.500. The molecule has 0 bridgehead atoms. The summed E-state index contributed by atoms with van der Waals surface area (Å²) in [6.07, 6.45) is 1.32. The van der Waals surface area contributed by atoms with Crippen molar-refractivity contribution >= 4 is 0 Å².